The number of rotatable bonds is 4. The maximum absolute atomic E-state index is 12.7. The van der Waals surface area contributed by atoms with E-state index in [9.17, 15) is 19.8 Å². The standard InChI is InChI=1S/C21H27N3O4/c1-3-12-6-14(22)9-23(8-12)19-11(2)18-15(13-4-5-13)7-16(21(27)28)20(26)24(18)10-17(19)25/h7,10,12-14,25H,3-6,8-9,22H2,1-2H3,(H,27,28)/t12-,14-/m0/s1. The minimum Gasteiger partial charge on any atom is -0.504 e. The zero-order valence-corrected chi connectivity index (χ0v) is 16.3. The second-order valence-corrected chi connectivity index (χ2v) is 8.28. The lowest BCUT2D eigenvalue weighted by molar-refractivity contribution is 0.0694. The molecule has 0 unspecified atom stereocenters. The van der Waals surface area contributed by atoms with E-state index >= 15 is 0 Å². The van der Waals surface area contributed by atoms with E-state index in [0.717, 1.165) is 48.9 Å². The summed E-state index contributed by atoms with van der Waals surface area (Å²) in [6.07, 6.45) is 5.32. The molecule has 7 nitrogen and oxygen atoms in total. The molecule has 28 heavy (non-hydrogen) atoms. The molecule has 2 aromatic heterocycles. The number of aryl methyl sites for hydroxylation is 1. The number of carboxylic acids is 1. The van der Waals surface area contributed by atoms with Gasteiger partial charge in [0.15, 0.2) is 5.75 Å². The van der Waals surface area contributed by atoms with Crippen molar-refractivity contribution in [2.45, 2.75) is 51.5 Å². The summed E-state index contributed by atoms with van der Waals surface area (Å²) in [5.41, 5.74) is 8.51. The first-order valence-corrected chi connectivity index (χ1v) is 9.97. The number of carbonyl (C=O) groups is 1. The zero-order chi connectivity index (χ0) is 20.2. The zero-order valence-electron chi connectivity index (χ0n) is 16.3. The van der Waals surface area contributed by atoms with Gasteiger partial charge >= 0.3 is 5.97 Å². The molecule has 0 amide bonds. The van der Waals surface area contributed by atoms with E-state index in [1.165, 1.54) is 16.7 Å². The van der Waals surface area contributed by atoms with Crippen LogP contribution in [0.25, 0.3) is 5.52 Å². The molecule has 4 N–H and O–H groups in total. The lowest BCUT2D eigenvalue weighted by atomic mass is 9.91. The number of aromatic hydroxyl groups is 1. The molecule has 1 saturated carbocycles. The Labute approximate surface area is 163 Å². The van der Waals surface area contributed by atoms with Crippen LogP contribution in [-0.2, 0) is 0 Å². The minimum atomic E-state index is -1.24. The van der Waals surface area contributed by atoms with Crippen LogP contribution in [0.2, 0.25) is 0 Å². The van der Waals surface area contributed by atoms with Crippen LogP contribution in [0.4, 0.5) is 5.69 Å². The number of hydrogen-bond acceptors (Lipinski definition) is 5. The van der Waals surface area contributed by atoms with Gasteiger partial charge in [0, 0.05) is 24.7 Å². The molecule has 0 aromatic carbocycles. The first-order valence-electron chi connectivity index (χ1n) is 9.97. The molecule has 150 valence electrons. The molecular formula is C21H27N3O4. The number of piperidine rings is 1. The molecule has 1 saturated heterocycles. The van der Waals surface area contributed by atoms with Gasteiger partial charge in [-0.25, -0.2) is 4.79 Å². The monoisotopic (exact) mass is 385 g/mol. The number of aromatic nitrogens is 1. The maximum Gasteiger partial charge on any atom is 0.341 e. The fourth-order valence-corrected chi connectivity index (χ4v) is 4.65. The highest BCUT2D eigenvalue weighted by atomic mass is 16.4. The van der Waals surface area contributed by atoms with Crippen LogP contribution in [0.5, 0.6) is 5.75 Å². The average molecular weight is 385 g/mol. The van der Waals surface area contributed by atoms with Gasteiger partial charge in [-0.2, -0.15) is 0 Å². The minimum absolute atomic E-state index is 0.0136. The Balaban J connectivity index is 1.95. The number of anilines is 1. The van der Waals surface area contributed by atoms with Gasteiger partial charge in [0.2, 0.25) is 0 Å². The molecule has 2 fully saturated rings. The third-order valence-electron chi connectivity index (χ3n) is 6.18. The van der Waals surface area contributed by atoms with E-state index in [1.807, 2.05) is 6.92 Å². The molecule has 0 radical (unpaired) electrons. The number of aromatic carboxylic acids is 1. The molecule has 0 spiro atoms. The van der Waals surface area contributed by atoms with Crippen LogP contribution in [-0.4, -0.2) is 39.7 Å². The molecular weight excluding hydrogens is 358 g/mol. The fourth-order valence-electron chi connectivity index (χ4n) is 4.65. The lowest BCUT2D eigenvalue weighted by Crippen LogP contribution is -2.47. The summed E-state index contributed by atoms with van der Waals surface area (Å²) in [6, 6.07) is 1.57. The molecule has 3 heterocycles. The normalized spacial score (nSPS) is 22.6. The van der Waals surface area contributed by atoms with Gasteiger partial charge in [0.05, 0.1) is 17.4 Å². The van der Waals surface area contributed by atoms with Crippen LogP contribution in [0.15, 0.2) is 17.1 Å². The Morgan fingerprint density at radius 2 is 2.04 bits per heavy atom. The number of pyridine rings is 2. The highest BCUT2D eigenvalue weighted by molar-refractivity contribution is 5.89. The van der Waals surface area contributed by atoms with Gasteiger partial charge in [0.1, 0.15) is 5.56 Å². The smallest absolute Gasteiger partial charge is 0.341 e. The van der Waals surface area contributed by atoms with E-state index in [1.54, 1.807) is 0 Å². The highest BCUT2D eigenvalue weighted by Crippen LogP contribution is 2.45. The number of fused-ring (bicyclic) bond motifs is 1. The SMILES string of the molecule is CC[C@H]1C[C@H](N)CN(c2c(O)cn3c(=O)c(C(=O)O)cc(C4CC4)c3c2C)C1. The molecule has 1 aliphatic heterocycles. The van der Waals surface area contributed by atoms with Crippen molar-refractivity contribution in [1.29, 1.82) is 0 Å². The predicted molar refractivity (Wildman–Crippen MR) is 108 cm³/mol. The molecule has 0 bridgehead atoms. The van der Waals surface area contributed by atoms with E-state index < -0.39 is 11.5 Å². The summed E-state index contributed by atoms with van der Waals surface area (Å²) in [5, 5.41) is 20.2. The third kappa shape index (κ3) is 3.03. The molecule has 2 aliphatic rings. The van der Waals surface area contributed by atoms with E-state index in [0.29, 0.717) is 18.2 Å². The van der Waals surface area contributed by atoms with Gasteiger partial charge in [0.25, 0.3) is 5.56 Å². The van der Waals surface area contributed by atoms with Crippen LogP contribution >= 0.6 is 0 Å². The second kappa shape index (κ2) is 6.81. The summed E-state index contributed by atoms with van der Waals surface area (Å²) >= 11 is 0. The van der Waals surface area contributed by atoms with Crippen molar-refractivity contribution in [1.82, 2.24) is 4.40 Å². The van der Waals surface area contributed by atoms with Crippen molar-refractivity contribution in [2.24, 2.45) is 11.7 Å². The van der Waals surface area contributed by atoms with Crippen molar-refractivity contribution < 1.29 is 15.0 Å². The van der Waals surface area contributed by atoms with Crippen LogP contribution in [0, 0.1) is 12.8 Å². The molecule has 7 heteroatoms. The van der Waals surface area contributed by atoms with Gasteiger partial charge in [-0.1, -0.05) is 13.3 Å². The second-order valence-electron chi connectivity index (χ2n) is 8.28. The quantitative estimate of drug-likeness (QED) is 0.746. The van der Waals surface area contributed by atoms with E-state index in [4.69, 9.17) is 5.73 Å². The van der Waals surface area contributed by atoms with Gasteiger partial charge in [-0.15, -0.1) is 0 Å². The summed E-state index contributed by atoms with van der Waals surface area (Å²) in [5.74, 6) is -0.536. The number of carboxylic acid groups (broad SMARTS) is 1. The summed E-state index contributed by atoms with van der Waals surface area (Å²) in [7, 11) is 0. The van der Waals surface area contributed by atoms with Crippen molar-refractivity contribution >= 4 is 17.2 Å². The summed E-state index contributed by atoms with van der Waals surface area (Å²) in [6.45, 7) is 5.51. The predicted octanol–water partition coefficient (Wildman–Crippen LogP) is 2.45. The van der Waals surface area contributed by atoms with Crippen LogP contribution in [0.3, 0.4) is 0 Å². The first kappa shape index (κ1) is 18.8. The van der Waals surface area contributed by atoms with Gasteiger partial charge in [-0.3, -0.25) is 9.20 Å². The Hall–Kier alpha value is -2.54. The number of nitrogens with zero attached hydrogens (tertiary/aromatic N) is 2. The Morgan fingerprint density at radius 3 is 2.64 bits per heavy atom. The molecule has 2 aromatic rings. The van der Waals surface area contributed by atoms with Crippen LogP contribution in [0.1, 0.15) is 60.0 Å². The first-order chi connectivity index (χ1) is 13.3. The van der Waals surface area contributed by atoms with Crippen molar-refractivity contribution in [3.63, 3.8) is 0 Å². The summed E-state index contributed by atoms with van der Waals surface area (Å²) in [4.78, 5) is 26.4. The number of nitrogens with two attached hydrogens (primary N) is 1. The Bertz CT molecular complexity index is 1010. The Morgan fingerprint density at radius 1 is 1.32 bits per heavy atom. The maximum atomic E-state index is 12.7. The van der Waals surface area contributed by atoms with Gasteiger partial charge < -0.3 is 20.8 Å². The molecule has 2 atom stereocenters. The number of hydrogen-bond donors (Lipinski definition) is 3. The summed E-state index contributed by atoms with van der Waals surface area (Å²) < 4.78 is 1.31. The van der Waals surface area contributed by atoms with Gasteiger partial charge in [-0.05, 0) is 49.7 Å². The molecule has 1 aliphatic carbocycles. The highest BCUT2D eigenvalue weighted by Gasteiger charge is 2.32. The van der Waals surface area contributed by atoms with E-state index in [2.05, 4.69) is 11.8 Å². The molecule has 4 rings (SSSR count). The third-order valence-corrected chi connectivity index (χ3v) is 6.18. The van der Waals surface area contributed by atoms with Crippen LogP contribution < -0.4 is 16.2 Å². The van der Waals surface area contributed by atoms with Crippen molar-refractivity contribution in [3.05, 3.63) is 39.3 Å². The lowest BCUT2D eigenvalue weighted by Gasteiger charge is -2.38. The largest absolute Gasteiger partial charge is 0.504 e. The van der Waals surface area contributed by atoms with Crippen molar-refractivity contribution in [3.8, 4) is 5.75 Å². The topological polar surface area (TPSA) is 108 Å². The van der Waals surface area contributed by atoms with Crippen molar-refractivity contribution in [2.75, 3.05) is 18.0 Å². The average Bonchev–Trinajstić information content (AvgIpc) is 3.46. The van der Waals surface area contributed by atoms with E-state index in [-0.39, 0.29) is 23.3 Å². The Kier molecular flexibility index (Phi) is 4.57. The fraction of sp³-hybridized carbons (Fsp3) is 0.524.